The van der Waals surface area contributed by atoms with Crippen molar-refractivity contribution in [2.45, 2.75) is 58.1 Å². The molecule has 0 amide bonds. The smallest absolute Gasteiger partial charge is 0.131 e. The number of ether oxygens (including phenoxy) is 1. The summed E-state index contributed by atoms with van der Waals surface area (Å²) in [5, 5.41) is 3.41. The van der Waals surface area contributed by atoms with Crippen molar-refractivity contribution in [2.24, 2.45) is 0 Å². The lowest BCUT2D eigenvalue weighted by atomic mass is 9.97. The van der Waals surface area contributed by atoms with Crippen molar-refractivity contribution in [1.82, 2.24) is 15.3 Å². The Morgan fingerprint density at radius 2 is 2.26 bits per heavy atom. The van der Waals surface area contributed by atoms with Crippen LogP contribution in [0.4, 0.5) is 0 Å². The first-order chi connectivity index (χ1) is 9.24. The molecule has 2 aliphatic rings. The van der Waals surface area contributed by atoms with E-state index in [-0.39, 0.29) is 0 Å². The van der Waals surface area contributed by atoms with Gasteiger partial charge in [-0.15, -0.1) is 0 Å². The van der Waals surface area contributed by atoms with Gasteiger partial charge in [0, 0.05) is 19.6 Å². The maximum absolute atomic E-state index is 5.71. The van der Waals surface area contributed by atoms with Gasteiger partial charge in [0.1, 0.15) is 5.82 Å². The number of aromatic nitrogens is 2. The van der Waals surface area contributed by atoms with Crippen LogP contribution >= 0.6 is 0 Å². The predicted molar refractivity (Wildman–Crippen MR) is 74.2 cm³/mol. The molecule has 1 saturated heterocycles. The summed E-state index contributed by atoms with van der Waals surface area (Å²) in [6.45, 7) is 7.27. The highest BCUT2D eigenvalue weighted by Crippen LogP contribution is 2.24. The highest BCUT2D eigenvalue weighted by atomic mass is 16.5. The van der Waals surface area contributed by atoms with E-state index >= 15 is 0 Å². The van der Waals surface area contributed by atoms with Crippen LogP contribution in [0.3, 0.4) is 0 Å². The van der Waals surface area contributed by atoms with E-state index in [1.807, 2.05) is 0 Å². The number of hydrogen-bond acceptors (Lipinski definition) is 4. The topological polar surface area (TPSA) is 47.0 Å². The lowest BCUT2D eigenvalue weighted by molar-refractivity contribution is 0.109. The van der Waals surface area contributed by atoms with E-state index in [2.05, 4.69) is 19.2 Å². The second kappa shape index (κ2) is 5.55. The van der Waals surface area contributed by atoms with Crippen LogP contribution < -0.4 is 5.32 Å². The molecule has 4 heteroatoms. The lowest BCUT2D eigenvalue weighted by Gasteiger charge is -2.22. The largest absolute Gasteiger partial charge is 0.378 e. The molecule has 0 radical (unpaired) electrons. The molecule has 1 aromatic rings. The average Bonchev–Trinajstić information content (AvgIpc) is 2.90. The van der Waals surface area contributed by atoms with Gasteiger partial charge in [0.25, 0.3) is 0 Å². The third-order valence-electron chi connectivity index (χ3n) is 4.00. The zero-order valence-electron chi connectivity index (χ0n) is 11.9. The molecule has 1 atom stereocenters. The number of hydrogen-bond donors (Lipinski definition) is 1. The Labute approximate surface area is 115 Å². The first-order valence-corrected chi connectivity index (χ1v) is 7.45. The molecule has 1 unspecified atom stereocenters. The first kappa shape index (κ1) is 13.0. The van der Waals surface area contributed by atoms with Crippen LogP contribution in [0.15, 0.2) is 0 Å². The van der Waals surface area contributed by atoms with Crippen molar-refractivity contribution in [3.63, 3.8) is 0 Å². The summed E-state index contributed by atoms with van der Waals surface area (Å²) in [6, 6.07) is 0. The summed E-state index contributed by atoms with van der Waals surface area (Å²) in [6.07, 6.45) is 4.58. The van der Waals surface area contributed by atoms with Crippen molar-refractivity contribution < 1.29 is 4.74 Å². The summed E-state index contributed by atoms with van der Waals surface area (Å²) >= 11 is 0. The van der Waals surface area contributed by atoms with Gasteiger partial charge in [-0.25, -0.2) is 9.97 Å². The minimum absolute atomic E-state index is 0.328. The molecule has 0 saturated carbocycles. The predicted octanol–water partition coefficient (Wildman–Crippen LogP) is 1.97. The van der Waals surface area contributed by atoms with Gasteiger partial charge in [-0.3, -0.25) is 0 Å². The molecule has 4 nitrogen and oxygen atoms in total. The zero-order valence-corrected chi connectivity index (χ0v) is 11.9. The van der Waals surface area contributed by atoms with E-state index < -0.39 is 0 Å². The molecule has 0 aliphatic carbocycles. The molecular weight excluding hydrogens is 238 g/mol. The molecule has 0 bridgehead atoms. The summed E-state index contributed by atoms with van der Waals surface area (Å²) in [7, 11) is 0. The molecule has 2 aliphatic heterocycles. The molecule has 1 N–H and O–H groups in total. The van der Waals surface area contributed by atoms with Gasteiger partial charge in [-0.05, 0) is 37.3 Å². The second-order valence-electron chi connectivity index (χ2n) is 5.87. The summed E-state index contributed by atoms with van der Waals surface area (Å²) < 4.78 is 5.71. The molecule has 1 aromatic heterocycles. The molecular formula is C15H23N3O. The fourth-order valence-electron chi connectivity index (χ4n) is 3.02. The fraction of sp³-hybridized carbons (Fsp3) is 0.733. The summed E-state index contributed by atoms with van der Waals surface area (Å²) in [5.74, 6) is 1.44. The maximum atomic E-state index is 5.71. The van der Waals surface area contributed by atoms with Gasteiger partial charge >= 0.3 is 0 Å². The molecule has 0 aromatic carbocycles. The molecule has 0 spiro atoms. The van der Waals surface area contributed by atoms with Crippen molar-refractivity contribution in [2.75, 3.05) is 13.2 Å². The second-order valence-corrected chi connectivity index (χ2v) is 5.87. The molecule has 3 rings (SSSR count). The molecule has 3 heterocycles. The third kappa shape index (κ3) is 2.79. The van der Waals surface area contributed by atoms with E-state index in [0.29, 0.717) is 12.0 Å². The monoisotopic (exact) mass is 261 g/mol. The normalized spacial score (nSPS) is 22.8. The van der Waals surface area contributed by atoms with Gasteiger partial charge in [0.2, 0.25) is 0 Å². The molecule has 19 heavy (non-hydrogen) atoms. The third-order valence-corrected chi connectivity index (χ3v) is 4.00. The van der Waals surface area contributed by atoms with Crippen molar-refractivity contribution >= 4 is 0 Å². The Hall–Kier alpha value is -1.00. The lowest BCUT2D eigenvalue weighted by Crippen LogP contribution is -2.28. The maximum Gasteiger partial charge on any atom is 0.131 e. The number of nitrogens with zero attached hydrogens (tertiary/aromatic N) is 2. The first-order valence-electron chi connectivity index (χ1n) is 7.45. The van der Waals surface area contributed by atoms with Gasteiger partial charge in [0.05, 0.1) is 17.5 Å². The van der Waals surface area contributed by atoms with Gasteiger partial charge in [-0.2, -0.15) is 0 Å². The Morgan fingerprint density at radius 1 is 1.37 bits per heavy atom. The van der Waals surface area contributed by atoms with Crippen molar-refractivity contribution in [1.29, 1.82) is 0 Å². The highest BCUT2D eigenvalue weighted by molar-refractivity contribution is 5.30. The van der Waals surface area contributed by atoms with Crippen LogP contribution in [-0.2, 0) is 24.1 Å². The standard InChI is InChI=1S/C15H23N3O/c1-10(2)15-12-5-6-16-9-13(12)17-14(18-15)8-11-4-3-7-19-11/h10-11,16H,3-9H2,1-2H3. The molecule has 1 fully saturated rings. The minimum Gasteiger partial charge on any atom is -0.378 e. The van der Waals surface area contributed by atoms with Gasteiger partial charge in [-0.1, -0.05) is 13.8 Å². The van der Waals surface area contributed by atoms with E-state index in [1.165, 1.54) is 23.4 Å². The van der Waals surface area contributed by atoms with Gasteiger partial charge < -0.3 is 10.1 Å². The average molecular weight is 261 g/mol. The SMILES string of the molecule is CC(C)c1nc(CC2CCCO2)nc2c1CCNC2. The van der Waals surface area contributed by atoms with E-state index in [1.54, 1.807) is 0 Å². The van der Waals surface area contributed by atoms with E-state index in [4.69, 9.17) is 14.7 Å². The van der Waals surface area contributed by atoms with Crippen LogP contribution in [0.2, 0.25) is 0 Å². The van der Waals surface area contributed by atoms with Crippen LogP contribution in [-0.4, -0.2) is 29.2 Å². The highest BCUT2D eigenvalue weighted by Gasteiger charge is 2.22. The van der Waals surface area contributed by atoms with E-state index in [9.17, 15) is 0 Å². The van der Waals surface area contributed by atoms with Gasteiger partial charge in [0.15, 0.2) is 0 Å². The Balaban J connectivity index is 1.89. The van der Waals surface area contributed by atoms with Crippen LogP contribution in [0, 0.1) is 0 Å². The quantitative estimate of drug-likeness (QED) is 0.903. The minimum atomic E-state index is 0.328. The van der Waals surface area contributed by atoms with Crippen molar-refractivity contribution in [3.8, 4) is 0 Å². The Kier molecular flexibility index (Phi) is 3.80. The summed E-state index contributed by atoms with van der Waals surface area (Å²) in [4.78, 5) is 9.60. The summed E-state index contributed by atoms with van der Waals surface area (Å²) in [5.41, 5.74) is 3.84. The number of rotatable bonds is 3. The number of nitrogens with one attached hydrogen (secondary N) is 1. The molecule has 104 valence electrons. The fourth-order valence-corrected chi connectivity index (χ4v) is 3.02. The van der Waals surface area contributed by atoms with Crippen LogP contribution in [0.25, 0.3) is 0 Å². The number of fused-ring (bicyclic) bond motifs is 1. The zero-order chi connectivity index (χ0) is 13.2. The van der Waals surface area contributed by atoms with Crippen molar-refractivity contribution in [3.05, 3.63) is 22.8 Å². The van der Waals surface area contributed by atoms with Crippen LogP contribution in [0.5, 0.6) is 0 Å². The Morgan fingerprint density at radius 3 is 3.00 bits per heavy atom. The van der Waals surface area contributed by atoms with Crippen LogP contribution in [0.1, 0.15) is 55.4 Å². The van der Waals surface area contributed by atoms with E-state index in [0.717, 1.165) is 44.8 Å². The Bertz CT molecular complexity index is 453.